The Labute approximate surface area is 122 Å². The van der Waals surface area contributed by atoms with Crippen LogP contribution in [0.1, 0.15) is 51.7 Å². The first-order valence-corrected chi connectivity index (χ1v) is 7.91. The van der Waals surface area contributed by atoms with Crippen molar-refractivity contribution in [1.29, 1.82) is 0 Å². The Morgan fingerprint density at radius 2 is 1.95 bits per heavy atom. The number of benzene rings is 1. The van der Waals surface area contributed by atoms with Crippen LogP contribution in [0.2, 0.25) is 0 Å². The molecule has 0 heterocycles. The van der Waals surface area contributed by atoms with Crippen LogP contribution >= 0.6 is 0 Å². The fourth-order valence-electron chi connectivity index (χ4n) is 4.56. The molecule has 0 aromatic heterocycles. The molecule has 2 bridgehead atoms. The SMILES string of the molecule is CC1(C)[C@@H]2CC[C@@]1(C)[C@H](NC[C@H](O)c1ccccc1)C2. The van der Waals surface area contributed by atoms with E-state index in [0.717, 1.165) is 11.5 Å². The Kier molecular flexibility index (Phi) is 3.42. The van der Waals surface area contributed by atoms with Gasteiger partial charge in [-0.3, -0.25) is 0 Å². The largest absolute Gasteiger partial charge is 0.387 e. The van der Waals surface area contributed by atoms with Gasteiger partial charge in [-0.1, -0.05) is 51.1 Å². The lowest BCUT2D eigenvalue weighted by Crippen LogP contribution is -2.45. The van der Waals surface area contributed by atoms with Crippen LogP contribution in [-0.4, -0.2) is 17.7 Å². The first-order chi connectivity index (χ1) is 9.45. The normalized spacial score (nSPS) is 36.2. The molecular formula is C18H27NO. The third-order valence-corrected chi connectivity index (χ3v) is 6.54. The van der Waals surface area contributed by atoms with Gasteiger partial charge in [0, 0.05) is 12.6 Å². The van der Waals surface area contributed by atoms with Crippen molar-refractivity contribution in [2.45, 2.75) is 52.2 Å². The number of rotatable bonds is 4. The summed E-state index contributed by atoms with van der Waals surface area (Å²) in [5.41, 5.74) is 1.82. The maximum absolute atomic E-state index is 10.3. The predicted molar refractivity (Wildman–Crippen MR) is 82.4 cm³/mol. The maximum Gasteiger partial charge on any atom is 0.0914 e. The summed E-state index contributed by atoms with van der Waals surface area (Å²) in [6, 6.07) is 10.5. The molecule has 2 heteroatoms. The highest BCUT2D eigenvalue weighted by Crippen LogP contribution is 2.65. The summed E-state index contributed by atoms with van der Waals surface area (Å²) < 4.78 is 0. The molecule has 2 fully saturated rings. The van der Waals surface area contributed by atoms with Gasteiger partial charge in [0.15, 0.2) is 0 Å². The molecule has 2 N–H and O–H groups in total. The molecule has 20 heavy (non-hydrogen) atoms. The molecule has 0 unspecified atom stereocenters. The van der Waals surface area contributed by atoms with Gasteiger partial charge < -0.3 is 10.4 Å². The third kappa shape index (κ3) is 2.01. The van der Waals surface area contributed by atoms with Crippen LogP contribution < -0.4 is 5.32 Å². The molecule has 110 valence electrons. The molecule has 0 spiro atoms. The van der Waals surface area contributed by atoms with Gasteiger partial charge in [-0.05, 0) is 41.6 Å². The quantitative estimate of drug-likeness (QED) is 0.879. The summed E-state index contributed by atoms with van der Waals surface area (Å²) in [6.45, 7) is 7.96. The number of fused-ring (bicyclic) bond motifs is 2. The van der Waals surface area contributed by atoms with Crippen LogP contribution in [0.4, 0.5) is 0 Å². The highest BCUT2D eigenvalue weighted by atomic mass is 16.3. The van der Waals surface area contributed by atoms with Crippen molar-refractivity contribution in [3.05, 3.63) is 35.9 Å². The van der Waals surface area contributed by atoms with E-state index in [1.165, 1.54) is 19.3 Å². The van der Waals surface area contributed by atoms with E-state index >= 15 is 0 Å². The van der Waals surface area contributed by atoms with E-state index in [4.69, 9.17) is 0 Å². The molecule has 2 aliphatic carbocycles. The molecule has 4 atom stereocenters. The molecule has 2 aliphatic rings. The fraction of sp³-hybridized carbons (Fsp3) is 0.667. The van der Waals surface area contributed by atoms with Crippen LogP contribution in [0.5, 0.6) is 0 Å². The van der Waals surface area contributed by atoms with Crippen LogP contribution in [0, 0.1) is 16.7 Å². The summed E-state index contributed by atoms with van der Waals surface area (Å²) in [5, 5.41) is 14.0. The molecule has 1 aromatic rings. The van der Waals surface area contributed by atoms with E-state index in [0.29, 0.717) is 23.4 Å². The molecule has 0 aliphatic heterocycles. The second-order valence-electron chi connectivity index (χ2n) is 7.50. The Hall–Kier alpha value is -0.860. The van der Waals surface area contributed by atoms with Crippen molar-refractivity contribution in [3.63, 3.8) is 0 Å². The number of aliphatic hydroxyl groups excluding tert-OH is 1. The lowest BCUT2D eigenvalue weighted by molar-refractivity contribution is 0.105. The second-order valence-corrected chi connectivity index (χ2v) is 7.50. The molecule has 0 amide bonds. The van der Waals surface area contributed by atoms with Crippen LogP contribution in [0.25, 0.3) is 0 Å². The minimum absolute atomic E-state index is 0.383. The fourth-order valence-corrected chi connectivity index (χ4v) is 4.56. The molecular weight excluding hydrogens is 246 g/mol. The van der Waals surface area contributed by atoms with Crippen LogP contribution in [0.3, 0.4) is 0 Å². The molecule has 2 saturated carbocycles. The van der Waals surface area contributed by atoms with Crippen LogP contribution in [-0.2, 0) is 0 Å². The standard InChI is InChI=1S/C18H27NO/c1-17(2)14-9-10-18(17,3)16(11-14)19-12-15(20)13-7-5-4-6-8-13/h4-8,14-16,19-20H,9-12H2,1-3H3/t14-,15+,16-,18+/m1/s1. The summed E-state index contributed by atoms with van der Waals surface area (Å²) in [6.07, 6.45) is 3.57. The van der Waals surface area contributed by atoms with Gasteiger partial charge in [-0.2, -0.15) is 0 Å². The molecule has 2 nitrogen and oxygen atoms in total. The zero-order valence-corrected chi connectivity index (χ0v) is 12.9. The lowest BCUT2D eigenvalue weighted by atomic mass is 9.69. The average molecular weight is 273 g/mol. The highest BCUT2D eigenvalue weighted by molar-refractivity contribution is 5.18. The average Bonchev–Trinajstić information content (AvgIpc) is 2.78. The molecule has 0 saturated heterocycles. The van der Waals surface area contributed by atoms with Gasteiger partial charge in [0.1, 0.15) is 0 Å². The van der Waals surface area contributed by atoms with Crippen molar-refractivity contribution in [3.8, 4) is 0 Å². The Bertz CT molecular complexity index is 470. The minimum Gasteiger partial charge on any atom is -0.387 e. The minimum atomic E-state index is -0.401. The van der Waals surface area contributed by atoms with Crippen LogP contribution in [0.15, 0.2) is 30.3 Å². The smallest absolute Gasteiger partial charge is 0.0914 e. The molecule has 3 rings (SSSR count). The monoisotopic (exact) mass is 273 g/mol. The zero-order valence-electron chi connectivity index (χ0n) is 12.9. The van der Waals surface area contributed by atoms with E-state index in [1.807, 2.05) is 30.3 Å². The van der Waals surface area contributed by atoms with Crippen molar-refractivity contribution < 1.29 is 5.11 Å². The maximum atomic E-state index is 10.3. The van der Waals surface area contributed by atoms with E-state index in [2.05, 4.69) is 26.1 Å². The van der Waals surface area contributed by atoms with Crippen molar-refractivity contribution in [2.24, 2.45) is 16.7 Å². The lowest BCUT2D eigenvalue weighted by Gasteiger charge is -2.40. The first kappa shape index (κ1) is 14.1. The number of aliphatic hydroxyl groups is 1. The Morgan fingerprint density at radius 3 is 2.50 bits per heavy atom. The molecule has 1 aromatic carbocycles. The molecule has 0 radical (unpaired) electrons. The van der Waals surface area contributed by atoms with Crippen molar-refractivity contribution >= 4 is 0 Å². The van der Waals surface area contributed by atoms with Gasteiger partial charge in [0.25, 0.3) is 0 Å². The summed E-state index contributed by atoms with van der Waals surface area (Å²) in [4.78, 5) is 0. The van der Waals surface area contributed by atoms with Gasteiger partial charge in [-0.15, -0.1) is 0 Å². The predicted octanol–water partition coefficient (Wildman–Crippen LogP) is 3.52. The van der Waals surface area contributed by atoms with E-state index < -0.39 is 6.10 Å². The number of hydrogen-bond acceptors (Lipinski definition) is 2. The third-order valence-electron chi connectivity index (χ3n) is 6.54. The van der Waals surface area contributed by atoms with E-state index in [1.54, 1.807) is 0 Å². The summed E-state index contributed by atoms with van der Waals surface area (Å²) in [5.74, 6) is 0.846. The number of nitrogens with one attached hydrogen (secondary N) is 1. The van der Waals surface area contributed by atoms with Gasteiger partial charge >= 0.3 is 0 Å². The number of hydrogen-bond donors (Lipinski definition) is 2. The zero-order chi connectivity index (χ0) is 14.4. The van der Waals surface area contributed by atoms with E-state index in [9.17, 15) is 5.11 Å². The summed E-state index contributed by atoms with van der Waals surface area (Å²) in [7, 11) is 0. The van der Waals surface area contributed by atoms with Crippen molar-refractivity contribution in [2.75, 3.05) is 6.54 Å². The topological polar surface area (TPSA) is 32.3 Å². The highest BCUT2D eigenvalue weighted by Gasteiger charge is 2.60. The first-order valence-electron chi connectivity index (χ1n) is 7.91. The van der Waals surface area contributed by atoms with Gasteiger partial charge in [0.2, 0.25) is 0 Å². The Balaban J connectivity index is 1.63. The van der Waals surface area contributed by atoms with Gasteiger partial charge in [0.05, 0.1) is 6.10 Å². The Morgan fingerprint density at radius 1 is 1.25 bits per heavy atom. The van der Waals surface area contributed by atoms with Crippen molar-refractivity contribution in [1.82, 2.24) is 5.32 Å². The second kappa shape index (κ2) is 4.85. The van der Waals surface area contributed by atoms with E-state index in [-0.39, 0.29) is 0 Å². The van der Waals surface area contributed by atoms with Gasteiger partial charge in [-0.25, -0.2) is 0 Å². The summed E-state index contributed by atoms with van der Waals surface area (Å²) >= 11 is 0.